The van der Waals surface area contributed by atoms with Gasteiger partial charge in [-0.25, -0.2) is 0 Å². The standard InChI is InChI=1S/C48H28Cl8/c49-41-35(42(50)46(54)39(45(41)53)37(31-16-5-1-6-17-31)32-18-7-2-8-19-32)26-24-29-14-13-15-30(28-29)25-27-36-43(51)47(55)40(48(56)44(36)52)38(33-20-9-3-10-21-33)34-22-11-4-12-23-34/h1-28H/b26-24+,27-25+. The van der Waals surface area contributed by atoms with E-state index in [1.165, 1.54) is 0 Å². The lowest BCUT2D eigenvalue weighted by Crippen LogP contribution is -2.07. The number of hydrogen-bond donors (Lipinski definition) is 0. The molecule has 0 aliphatic rings. The lowest BCUT2D eigenvalue weighted by Gasteiger charge is -2.23. The van der Waals surface area contributed by atoms with Crippen molar-refractivity contribution in [2.45, 2.75) is 0 Å². The molecule has 0 aromatic heterocycles. The van der Waals surface area contributed by atoms with Gasteiger partial charge < -0.3 is 0 Å². The number of halogens is 8. The van der Waals surface area contributed by atoms with Crippen LogP contribution in [0.15, 0.2) is 146 Å². The zero-order chi connectivity index (χ0) is 39.3. The smallest absolute Gasteiger partial charge is 0.0683 e. The summed E-state index contributed by atoms with van der Waals surface area (Å²) in [4.78, 5) is 0. The molecule has 0 heterocycles. The Hall–Kier alpha value is -3.66. The maximum atomic E-state index is 7.03. The van der Waals surface area contributed by atoms with Crippen LogP contribution in [0.3, 0.4) is 0 Å². The Bertz CT molecular complexity index is 2240. The van der Waals surface area contributed by atoms with E-state index in [1.807, 2.05) is 158 Å². The van der Waals surface area contributed by atoms with E-state index in [4.69, 9.17) is 92.8 Å². The summed E-state index contributed by atoms with van der Waals surface area (Å²) in [5, 5.41) is 2.35. The molecule has 0 unspecified atom stereocenters. The van der Waals surface area contributed by atoms with Gasteiger partial charge in [0, 0.05) is 22.3 Å². The Morgan fingerprint density at radius 1 is 0.286 bits per heavy atom. The molecule has 2 radical (unpaired) electrons. The van der Waals surface area contributed by atoms with Crippen LogP contribution in [0.25, 0.3) is 24.3 Å². The molecular weight excluding hydrogens is 860 g/mol. The second kappa shape index (κ2) is 18.3. The predicted molar refractivity (Wildman–Crippen MR) is 244 cm³/mol. The van der Waals surface area contributed by atoms with Gasteiger partial charge in [0.05, 0.1) is 52.0 Å². The minimum Gasteiger partial charge on any atom is -0.0823 e. The first-order chi connectivity index (χ1) is 27.2. The molecule has 7 aromatic rings. The third-order valence-corrected chi connectivity index (χ3v) is 12.6. The monoisotopic (exact) mass is 884 g/mol. The van der Waals surface area contributed by atoms with E-state index in [0.29, 0.717) is 42.3 Å². The van der Waals surface area contributed by atoms with Crippen molar-refractivity contribution in [1.29, 1.82) is 0 Å². The summed E-state index contributed by atoms with van der Waals surface area (Å²) in [6.07, 6.45) is 7.39. The number of hydrogen-bond acceptors (Lipinski definition) is 0. The largest absolute Gasteiger partial charge is 0.0823 e. The second-order valence-electron chi connectivity index (χ2n) is 12.6. The molecule has 0 amide bonds. The Morgan fingerprint density at radius 2 is 0.554 bits per heavy atom. The van der Waals surface area contributed by atoms with Gasteiger partial charge >= 0.3 is 0 Å². The number of rotatable bonds is 10. The molecule has 276 valence electrons. The van der Waals surface area contributed by atoms with Crippen molar-refractivity contribution in [2.24, 2.45) is 0 Å². The van der Waals surface area contributed by atoms with Crippen LogP contribution in [0.4, 0.5) is 0 Å². The summed E-state index contributed by atoms with van der Waals surface area (Å²) in [5.41, 5.74) is 7.55. The molecule has 0 N–H and O–H groups in total. The minimum absolute atomic E-state index is 0.286. The summed E-state index contributed by atoms with van der Waals surface area (Å²) in [6.45, 7) is 0. The number of benzene rings is 7. The van der Waals surface area contributed by atoms with Crippen molar-refractivity contribution < 1.29 is 0 Å². The van der Waals surface area contributed by atoms with Crippen LogP contribution in [0.1, 0.15) is 55.6 Å². The quantitative estimate of drug-likeness (QED) is 0.0729. The highest BCUT2D eigenvalue weighted by Gasteiger charge is 2.30. The van der Waals surface area contributed by atoms with Crippen molar-refractivity contribution in [3.05, 3.63) is 253 Å². The van der Waals surface area contributed by atoms with E-state index < -0.39 is 0 Å². The van der Waals surface area contributed by atoms with Gasteiger partial charge in [-0.15, -0.1) is 0 Å². The molecule has 0 bridgehead atoms. The Kier molecular flexibility index (Phi) is 13.2. The minimum atomic E-state index is 0.286. The molecule has 8 heteroatoms. The van der Waals surface area contributed by atoms with Crippen LogP contribution < -0.4 is 0 Å². The first-order valence-corrected chi connectivity index (χ1v) is 20.3. The molecule has 0 nitrogen and oxygen atoms in total. The van der Waals surface area contributed by atoms with Gasteiger partial charge in [-0.1, -0.05) is 257 Å². The second-order valence-corrected chi connectivity index (χ2v) is 15.7. The topological polar surface area (TPSA) is 0 Å². The molecular formula is C48H28Cl8. The summed E-state index contributed by atoms with van der Waals surface area (Å²) in [6, 6.07) is 47.3. The fourth-order valence-corrected chi connectivity index (χ4v) is 8.85. The molecule has 0 saturated carbocycles. The lowest BCUT2D eigenvalue weighted by molar-refractivity contribution is 1.23. The molecule has 0 fully saturated rings. The van der Waals surface area contributed by atoms with Gasteiger partial charge in [-0.05, 0) is 39.4 Å². The van der Waals surface area contributed by atoms with Crippen LogP contribution in [0.5, 0.6) is 0 Å². The van der Waals surface area contributed by atoms with Gasteiger partial charge in [0.25, 0.3) is 0 Å². The first kappa shape index (κ1) is 40.5. The average molecular weight is 888 g/mol. The normalized spacial score (nSPS) is 11.8. The third kappa shape index (κ3) is 8.46. The van der Waals surface area contributed by atoms with Crippen molar-refractivity contribution in [3.8, 4) is 0 Å². The van der Waals surface area contributed by atoms with E-state index in [2.05, 4.69) is 0 Å². The van der Waals surface area contributed by atoms with Crippen molar-refractivity contribution in [3.63, 3.8) is 0 Å². The summed E-state index contributed by atoms with van der Waals surface area (Å²) >= 11 is 56.0. The first-order valence-electron chi connectivity index (χ1n) is 17.3. The molecule has 0 saturated heterocycles. The fourth-order valence-electron chi connectivity index (χ4n) is 6.48. The van der Waals surface area contributed by atoms with Crippen LogP contribution in [-0.2, 0) is 0 Å². The highest BCUT2D eigenvalue weighted by molar-refractivity contribution is 6.51. The Morgan fingerprint density at radius 3 is 0.821 bits per heavy atom. The molecule has 0 aliphatic carbocycles. The van der Waals surface area contributed by atoms with Crippen LogP contribution in [-0.4, -0.2) is 0 Å². The average Bonchev–Trinajstić information content (AvgIpc) is 3.24. The molecule has 0 aliphatic heterocycles. The van der Waals surface area contributed by atoms with Crippen LogP contribution in [0, 0.1) is 11.8 Å². The van der Waals surface area contributed by atoms with Gasteiger partial charge in [-0.3, -0.25) is 0 Å². The van der Waals surface area contributed by atoms with E-state index in [1.54, 1.807) is 12.2 Å². The van der Waals surface area contributed by atoms with Crippen molar-refractivity contribution in [2.75, 3.05) is 0 Å². The SMILES string of the molecule is Clc1c(Cl)c([C](c2ccccc2)c2ccccc2)c(Cl)c(Cl)c1/C=C/c1cccc(/C=C/c2c(Cl)c(Cl)c([C](c3ccccc3)c3ccccc3)c(Cl)c2Cl)c1. The summed E-state index contributed by atoms with van der Waals surface area (Å²) < 4.78 is 0. The van der Waals surface area contributed by atoms with Gasteiger partial charge in [0.2, 0.25) is 0 Å². The van der Waals surface area contributed by atoms with Gasteiger partial charge in [0.1, 0.15) is 0 Å². The highest BCUT2D eigenvalue weighted by atomic mass is 35.5. The van der Waals surface area contributed by atoms with Gasteiger partial charge in [-0.2, -0.15) is 0 Å². The van der Waals surface area contributed by atoms with E-state index in [0.717, 1.165) is 45.2 Å². The zero-order valence-electron chi connectivity index (χ0n) is 29.2. The molecule has 0 atom stereocenters. The molecule has 56 heavy (non-hydrogen) atoms. The van der Waals surface area contributed by atoms with E-state index in [-0.39, 0.29) is 20.1 Å². The maximum Gasteiger partial charge on any atom is 0.0683 e. The van der Waals surface area contributed by atoms with Crippen LogP contribution >= 0.6 is 92.8 Å². The van der Waals surface area contributed by atoms with E-state index in [9.17, 15) is 0 Å². The van der Waals surface area contributed by atoms with Crippen molar-refractivity contribution in [1.82, 2.24) is 0 Å². The summed E-state index contributed by atoms with van der Waals surface area (Å²) in [5.74, 6) is 1.65. The molecule has 7 rings (SSSR count). The van der Waals surface area contributed by atoms with Crippen LogP contribution in [0.2, 0.25) is 40.2 Å². The third-order valence-electron chi connectivity index (χ3n) is 9.14. The lowest BCUT2D eigenvalue weighted by atomic mass is 9.84. The Labute approximate surface area is 367 Å². The predicted octanol–water partition coefficient (Wildman–Crippen LogP) is 17.3. The Balaban J connectivity index is 1.20. The van der Waals surface area contributed by atoms with Gasteiger partial charge in [0.15, 0.2) is 0 Å². The fraction of sp³-hybridized carbons (Fsp3) is 0. The summed E-state index contributed by atoms with van der Waals surface area (Å²) in [7, 11) is 0. The van der Waals surface area contributed by atoms with E-state index >= 15 is 0 Å². The maximum absolute atomic E-state index is 7.03. The van der Waals surface area contributed by atoms with Crippen molar-refractivity contribution >= 4 is 117 Å². The highest BCUT2D eigenvalue weighted by Crippen LogP contribution is 2.49. The zero-order valence-corrected chi connectivity index (χ0v) is 35.2. The molecule has 0 spiro atoms. The molecule has 7 aromatic carbocycles.